The molecule has 98 valence electrons. The Balaban J connectivity index is 2.24. The van der Waals surface area contributed by atoms with Crippen LogP contribution in [0.5, 0.6) is 0 Å². The van der Waals surface area contributed by atoms with Crippen molar-refractivity contribution in [3.63, 3.8) is 0 Å². The van der Waals surface area contributed by atoms with Crippen molar-refractivity contribution in [2.45, 2.75) is 58.4 Å². The van der Waals surface area contributed by atoms with Gasteiger partial charge in [0.05, 0.1) is 0 Å². The van der Waals surface area contributed by atoms with Crippen LogP contribution in [0, 0.1) is 5.92 Å². The van der Waals surface area contributed by atoms with Gasteiger partial charge in [0, 0.05) is 25.4 Å². The Bertz CT molecular complexity index is 272. The fraction of sp³-hybridized carbons (Fsp3) is 0.846. The van der Waals surface area contributed by atoms with Crippen molar-refractivity contribution in [3.8, 4) is 0 Å². The second-order valence-corrected chi connectivity index (χ2v) is 5.18. The molecule has 4 heteroatoms. The van der Waals surface area contributed by atoms with Crippen molar-refractivity contribution >= 4 is 11.9 Å². The van der Waals surface area contributed by atoms with E-state index in [0.717, 1.165) is 6.54 Å². The van der Waals surface area contributed by atoms with Gasteiger partial charge in [0.15, 0.2) is 0 Å². The standard InChI is InChI=1S/C13H23NO3/c1-10(2)14(9-11-7-8-11)12(15)5-3-4-6-13(16)17/h10-11H,3-9H2,1-2H3,(H,16,17). The average Bonchev–Trinajstić information content (AvgIpc) is 3.03. The average molecular weight is 241 g/mol. The van der Waals surface area contributed by atoms with Crippen LogP contribution in [0.3, 0.4) is 0 Å². The van der Waals surface area contributed by atoms with Crippen LogP contribution in [0.25, 0.3) is 0 Å². The lowest BCUT2D eigenvalue weighted by molar-refractivity contribution is -0.138. The molecule has 0 saturated heterocycles. The van der Waals surface area contributed by atoms with Crippen LogP contribution in [-0.4, -0.2) is 34.5 Å². The summed E-state index contributed by atoms with van der Waals surface area (Å²) in [6, 6.07) is 0.252. The maximum atomic E-state index is 12.0. The Labute approximate surface area is 103 Å². The van der Waals surface area contributed by atoms with E-state index in [1.165, 1.54) is 12.8 Å². The van der Waals surface area contributed by atoms with E-state index in [0.29, 0.717) is 25.2 Å². The van der Waals surface area contributed by atoms with E-state index < -0.39 is 5.97 Å². The monoisotopic (exact) mass is 241 g/mol. The number of carbonyl (C=O) groups excluding carboxylic acids is 1. The summed E-state index contributed by atoms with van der Waals surface area (Å²) in [7, 11) is 0. The van der Waals surface area contributed by atoms with E-state index in [9.17, 15) is 9.59 Å². The van der Waals surface area contributed by atoms with Crippen molar-refractivity contribution in [2.24, 2.45) is 5.92 Å². The molecule has 0 aromatic rings. The van der Waals surface area contributed by atoms with Crippen molar-refractivity contribution in [2.75, 3.05) is 6.54 Å². The molecule has 0 bridgehead atoms. The number of carboxylic acid groups (broad SMARTS) is 1. The van der Waals surface area contributed by atoms with Crippen molar-refractivity contribution in [3.05, 3.63) is 0 Å². The van der Waals surface area contributed by atoms with Crippen molar-refractivity contribution < 1.29 is 14.7 Å². The zero-order valence-electron chi connectivity index (χ0n) is 10.8. The van der Waals surface area contributed by atoms with E-state index in [1.807, 2.05) is 18.7 Å². The predicted molar refractivity (Wildman–Crippen MR) is 65.7 cm³/mol. The lowest BCUT2D eigenvalue weighted by Gasteiger charge is -2.26. The van der Waals surface area contributed by atoms with Gasteiger partial charge >= 0.3 is 5.97 Å². The first-order valence-electron chi connectivity index (χ1n) is 6.52. The van der Waals surface area contributed by atoms with Crippen LogP contribution in [0.1, 0.15) is 52.4 Å². The molecule has 0 spiro atoms. The van der Waals surface area contributed by atoms with E-state index in [1.54, 1.807) is 0 Å². The van der Waals surface area contributed by atoms with Crippen LogP contribution in [0.15, 0.2) is 0 Å². The van der Waals surface area contributed by atoms with E-state index in [-0.39, 0.29) is 18.4 Å². The maximum Gasteiger partial charge on any atom is 0.303 e. The fourth-order valence-electron chi connectivity index (χ4n) is 1.88. The van der Waals surface area contributed by atoms with Gasteiger partial charge in [-0.2, -0.15) is 0 Å². The van der Waals surface area contributed by atoms with Crippen LogP contribution >= 0.6 is 0 Å². The quantitative estimate of drug-likeness (QED) is 0.663. The SMILES string of the molecule is CC(C)N(CC1CC1)C(=O)CCCCC(=O)O. The first kappa shape index (κ1) is 14.0. The third-order valence-corrected chi connectivity index (χ3v) is 3.13. The molecule has 4 nitrogen and oxygen atoms in total. The molecule has 0 unspecified atom stereocenters. The molecular weight excluding hydrogens is 218 g/mol. The zero-order chi connectivity index (χ0) is 12.8. The zero-order valence-corrected chi connectivity index (χ0v) is 10.8. The molecule has 0 radical (unpaired) electrons. The predicted octanol–water partition coefficient (Wildman–Crippen LogP) is 2.28. The molecule has 17 heavy (non-hydrogen) atoms. The summed E-state index contributed by atoms with van der Waals surface area (Å²) >= 11 is 0. The Morgan fingerprint density at radius 1 is 1.24 bits per heavy atom. The number of unbranched alkanes of at least 4 members (excludes halogenated alkanes) is 1. The molecule has 1 aliphatic rings. The number of amides is 1. The minimum atomic E-state index is -0.781. The highest BCUT2D eigenvalue weighted by molar-refractivity contribution is 5.76. The Kier molecular flexibility index (Phi) is 5.45. The topological polar surface area (TPSA) is 57.6 Å². The number of hydrogen-bond acceptors (Lipinski definition) is 2. The van der Waals surface area contributed by atoms with Gasteiger partial charge in [-0.1, -0.05) is 0 Å². The molecule has 0 aromatic heterocycles. The highest BCUT2D eigenvalue weighted by Gasteiger charge is 2.27. The lowest BCUT2D eigenvalue weighted by Crippen LogP contribution is -2.38. The maximum absolute atomic E-state index is 12.0. The highest BCUT2D eigenvalue weighted by Crippen LogP contribution is 2.30. The van der Waals surface area contributed by atoms with Gasteiger partial charge in [-0.15, -0.1) is 0 Å². The summed E-state index contributed by atoms with van der Waals surface area (Å²) in [5.74, 6) is 0.105. The van der Waals surface area contributed by atoms with Crippen LogP contribution in [0.4, 0.5) is 0 Å². The molecule has 0 aliphatic heterocycles. The molecule has 0 heterocycles. The summed E-state index contributed by atoms with van der Waals surface area (Å²) in [5.41, 5.74) is 0. The smallest absolute Gasteiger partial charge is 0.303 e. The van der Waals surface area contributed by atoms with Crippen LogP contribution in [-0.2, 0) is 9.59 Å². The molecule has 0 aromatic carbocycles. The minimum Gasteiger partial charge on any atom is -0.481 e. The molecule has 1 N–H and O–H groups in total. The number of nitrogens with zero attached hydrogens (tertiary/aromatic N) is 1. The number of aliphatic carboxylic acids is 1. The van der Waals surface area contributed by atoms with Crippen LogP contribution in [0.2, 0.25) is 0 Å². The largest absolute Gasteiger partial charge is 0.481 e. The van der Waals surface area contributed by atoms with Gasteiger partial charge in [-0.25, -0.2) is 0 Å². The van der Waals surface area contributed by atoms with E-state index in [4.69, 9.17) is 5.11 Å². The number of hydrogen-bond donors (Lipinski definition) is 1. The second-order valence-electron chi connectivity index (χ2n) is 5.18. The molecule has 1 saturated carbocycles. The second kappa shape index (κ2) is 6.62. The van der Waals surface area contributed by atoms with Crippen molar-refractivity contribution in [1.29, 1.82) is 0 Å². The summed E-state index contributed by atoms with van der Waals surface area (Å²) < 4.78 is 0. The third kappa shape index (κ3) is 5.71. The summed E-state index contributed by atoms with van der Waals surface area (Å²) in [6.07, 6.45) is 4.41. The van der Waals surface area contributed by atoms with E-state index in [2.05, 4.69) is 0 Å². The summed E-state index contributed by atoms with van der Waals surface area (Å²) in [5, 5.41) is 8.51. The lowest BCUT2D eigenvalue weighted by atomic mass is 10.1. The van der Waals surface area contributed by atoms with Gasteiger partial charge in [0.1, 0.15) is 0 Å². The number of rotatable bonds is 8. The Morgan fingerprint density at radius 2 is 1.82 bits per heavy atom. The fourth-order valence-corrected chi connectivity index (χ4v) is 1.88. The normalized spacial score (nSPS) is 15.0. The molecule has 0 atom stereocenters. The van der Waals surface area contributed by atoms with Crippen molar-refractivity contribution in [1.82, 2.24) is 4.90 Å². The minimum absolute atomic E-state index is 0.164. The molecule has 1 rings (SSSR count). The number of carbonyl (C=O) groups is 2. The van der Waals surface area contributed by atoms with Crippen LogP contribution < -0.4 is 0 Å². The summed E-state index contributed by atoms with van der Waals surface area (Å²) in [4.78, 5) is 24.3. The molecule has 1 aliphatic carbocycles. The molecule has 1 fully saturated rings. The first-order chi connectivity index (χ1) is 8.00. The number of carboxylic acids is 1. The Hall–Kier alpha value is -1.06. The Morgan fingerprint density at radius 3 is 2.29 bits per heavy atom. The third-order valence-electron chi connectivity index (χ3n) is 3.13. The van der Waals surface area contributed by atoms with Gasteiger partial charge < -0.3 is 10.0 Å². The summed E-state index contributed by atoms with van der Waals surface area (Å²) in [6.45, 7) is 4.96. The van der Waals surface area contributed by atoms with E-state index >= 15 is 0 Å². The first-order valence-corrected chi connectivity index (χ1v) is 6.52. The van der Waals surface area contributed by atoms with Gasteiger partial charge in [0.2, 0.25) is 5.91 Å². The molecule has 1 amide bonds. The van der Waals surface area contributed by atoms with Gasteiger partial charge in [-0.3, -0.25) is 9.59 Å². The highest BCUT2D eigenvalue weighted by atomic mass is 16.4. The van der Waals surface area contributed by atoms with Gasteiger partial charge in [0.25, 0.3) is 0 Å². The van der Waals surface area contributed by atoms with Gasteiger partial charge in [-0.05, 0) is 45.4 Å². The molecular formula is C13H23NO3.